The van der Waals surface area contributed by atoms with E-state index in [1.54, 1.807) is 16.9 Å². The van der Waals surface area contributed by atoms with Gasteiger partial charge < -0.3 is 10.6 Å². The second-order valence-electron chi connectivity index (χ2n) is 6.61. The number of nitrogens with zero attached hydrogens (tertiary/aromatic N) is 3. The van der Waals surface area contributed by atoms with E-state index in [1.807, 2.05) is 6.07 Å². The molecule has 24 heavy (non-hydrogen) atoms. The summed E-state index contributed by atoms with van der Waals surface area (Å²) in [6.45, 7) is 1.91. The van der Waals surface area contributed by atoms with Gasteiger partial charge in [0.1, 0.15) is 5.82 Å². The van der Waals surface area contributed by atoms with Crippen LogP contribution in [0.15, 0.2) is 30.5 Å². The fourth-order valence-electron chi connectivity index (χ4n) is 3.31. The van der Waals surface area contributed by atoms with E-state index in [2.05, 4.69) is 20.9 Å². The molecule has 126 valence electrons. The van der Waals surface area contributed by atoms with Gasteiger partial charge in [0.2, 0.25) is 0 Å². The maximum atomic E-state index is 13.5. The second-order valence-corrected chi connectivity index (χ2v) is 6.61. The Kier molecular flexibility index (Phi) is 3.80. The minimum Gasteiger partial charge on any atom is -0.341 e. The highest BCUT2D eigenvalue weighted by Crippen LogP contribution is 2.45. The molecule has 2 aliphatic rings. The molecule has 2 fully saturated rings. The zero-order valence-electron chi connectivity index (χ0n) is 13.3. The third-order valence-corrected chi connectivity index (χ3v) is 4.91. The number of benzene rings is 1. The Morgan fingerprint density at radius 3 is 2.83 bits per heavy atom. The molecule has 1 saturated carbocycles. The van der Waals surface area contributed by atoms with Crippen molar-refractivity contribution in [3.63, 3.8) is 0 Å². The van der Waals surface area contributed by atoms with E-state index in [0.717, 1.165) is 44.3 Å². The number of hydrogen-bond acceptors (Lipinski definition) is 4. The van der Waals surface area contributed by atoms with Gasteiger partial charge in [-0.25, -0.2) is 9.07 Å². The maximum absolute atomic E-state index is 13.5. The van der Waals surface area contributed by atoms with Gasteiger partial charge in [0.25, 0.3) is 5.91 Å². The standard InChI is InChI=1S/C17H20FN5O/c18-13-3-1-2-12(10-13)17(6-7-17)20-16(24)15-11-23(22-21-15)14-4-8-19-9-5-14/h1-3,10-11,14,19H,4-9H2,(H,20,24). The van der Waals surface area contributed by atoms with E-state index < -0.39 is 5.54 Å². The summed E-state index contributed by atoms with van der Waals surface area (Å²) >= 11 is 0. The van der Waals surface area contributed by atoms with Crippen LogP contribution in [0.5, 0.6) is 0 Å². The lowest BCUT2D eigenvalue weighted by Crippen LogP contribution is -2.35. The second kappa shape index (κ2) is 5.98. The van der Waals surface area contributed by atoms with Crippen LogP contribution in [0.25, 0.3) is 0 Å². The van der Waals surface area contributed by atoms with Gasteiger partial charge in [-0.1, -0.05) is 17.3 Å². The number of rotatable bonds is 4. The van der Waals surface area contributed by atoms with Gasteiger partial charge in [-0.15, -0.1) is 5.10 Å². The molecule has 1 aliphatic carbocycles. The Morgan fingerprint density at radius 2 is 2.12 bits per heavy atom. The highest BCUT2D eigenvalue weighted by atomic mass is 19.1. The zero-order valence-corrected chi connectivity index (χ0v) is 13.3. The van der Waals surface area contributed by atoms with Crippen molar-refractivity contribution in [3.05, 3.63) is 47.5 Å². The van der Waals surface area contributed by atoms with Gasteiger partial charge in [-0.3, -0.25) is 4.79 Å². The van der Waals surface area contributed by atoms with Crippen molar-refractivity contribution in [3.8, 4) is 0 Å². The lowest BCUT2D eigenvalue weighted by molar-refractivity contribution is 0.0925. The number of halogens is 1. The van der Waals surface area contributed by atoms with Crippen molar-refractivity contribution >= 4 is 5.91 Å². The van der Waals surface area contributed by atoms with Gasteiger partial charge in [-0.2, -0.15) is 0 Å². The van der Waals surface area contributed by atoms with Crippen LogP contribution in [0, 0.1) is 5.82 Å². The summed E-state index contributed by atoms with van der Waals surface area (Å²) in [6, 6.07) is 6.70. The SMILES string of the molecule is O=C(NC1(c2cccc(F)c2)CC1)c1cn(C2CCNCC2)nn1. The van der Waals surface area contributed by atoms with Crippen LogP contribution < -0.4 is 10.6 Å². The molecule has 0 spiro atoms. The van der Waals surface area contributed by atoms with Crippen molar-refractivity contribution in [2.45, 2.75) is 37.3 Å². The number of nitrogens with one attached hydrogen (secondary N) is 2. The summed E-state index contributed by atoms with van der Waals surface area (Å²) in [5.41, 5.74) is 0.662. The fraction of sp³-hybridized carbons (Fsp3) is 0.471. The summed E-state index contributed by atoms with van der Waals surface area (Å²) in [7, 11) is 0. The molecule has 4 rings (SSSR count). The van der Waals surface area contributed by atoms with Crippen LogP contribution in [-0.4, -0.2) is 34.0 Å². The first kappa shape index (κ1) is 15.3. The average molecular weight is 329 g/mol. The third kappa shape index (κ3) is 2.91. The topological polar surface area (TPSA) is 71.8 Å². The number of carbonyl (C=O) groups is 1. The lowest BCUT2D eigenvalue weighted by Gasteiger charge is -2.22. The monoisotopic (exact) mass is 329 g/mol. The Morgan fingerprint density at radius 1 is 1.33 bits per heavy atom. The first-order valence-electron chi connectivity index (χ1n) is 8.37. The molecule has 2 aromatic rings. The summed E-state index contributed by atoms with van der Waals surface area (Å²) in [5.74, 6) is -0.540. The van der Waals surface area contributed by atoms with E-state index in [-0.39, 0.29) is 11.7 Å². The quantitative estimate of drug-likeness (QED) is 0.897. The van der Waals surface area contributed by atoms with Crippen LogP contribution in [0.1, 0.15) is 47.8 Å². The van der Waals surface area contributed by atoms with E-state index in [1.165, 1.54) is 12.1 Å². The first-order valence-corrected chi connectivity index (χ1v) is 8.37. The smallest absolute Gasteiger partial charge is 0.274 e. The van der Waals surface area contributed by atoms with Crippen molar-refractivity contribution in [1.29, 1.82) is 0 Å². The Hall–Kier alpha value is -2.28. The molecule has 2 heterocycles. The first-order chi connectivity index (χ1) is 11.7. The number of carbonyl (C=O) groups excluding carboxylic acids is 1. The highest BCUT2D eigenvalue weighted by Gasteiger charge is 2.46. The molecule has 1 saturated heterocycles. The highest BCUT2D eigenvalue weighted by molar-refractivity contribution is 5.92. The van der Waals surface area contributed by atoms with E-state index in [9.17, 15) is 9.18 Å². The van der Waals surface area contributed by atoms with Gasteiger partial charge in [0.05, 0.1) is 17.8 Å². The van der Waals surface area contributed by atoms with E-state index in [4.69, 9.17) is 0 Å². The Labute approximate surface area is 139 Å². The Bertz CT molecular complexity index is 749. The molecule has 2 N–H and O–H groups in total. The van der Waals surface area contributed by atoms with Crippen molar-refractivity contribution < 1.29 is 9.18 Å². The summed E-state index contributed by atoms with van der Waals surface area (Å²) in [4.78, 5) is 12.5. The van der Waals surface area contributed by atoms with Crippen LogP contribution in [0.2, 0.25) is 0 Å². The van der Waals surface area contributed by atoms with E-state index >= 15 is 0 Å². The predicted octanol–water partition coefficient (Wildman–Crippen LogP) is 1.76. The molecular formula is C17H20FN5O. The van der Waals surface area contributed by atoms with Gasteiger partial charge >= 0.3 is 0 Å². The molecule has 6 nitrogen and oxygen atoms in total. The molecule has 1 aliphatic heterocycles. The molecule has 0 bridgehead atoms. The normalized spacial score (nSPS) is 19.9. The molecule has 1 aromatic carbocycles. The van der Waals surface area contributed by atoms with Gasteiger partial charge in [0.15, 0.2) is 5.69 Å². The molecule has 0 unspecified atom stereocenters. The molecule has 0 atom stereocenters. The molecule has 1 amide bonds. The van der Waals surface area contributed by atoms with Crippen molar-refractivity contribution in [2.24, 2.45) is 0 Å². The summed E-state index contributed by atoms with van der Waals surface area (Å²) < 4.78 is 15.2. The predicted molar refractivity (Wildman–Crippen MR) is 85.9 cm³/mol. The average Bonchev–Trinajstić information content (AvgIpc) is 3.21. The van der Waals surface area contributed by atoms with Crippen LogP contribution >= 0.6 is 0 Å². The van der Waals surface area contributed by atoms with Gasteiger partial charge in [0, 0.05) is 0 Å². The van der Waals surface area contributed by atoms with Crippen molar-refractivity contribution in [1.82, 2.24) is 25.6 Å². The summed E-state index contributed by atoms with van der Waals surface area (Å²) in [5, 5.41) is 14.5. The largest absolute Gasteiger partial charge is 0.341 e. The number of hydrogen-bond donors (Lipinski definition) is 2. The van der Waals surface area contributed by atoms with Gasteiger partial charge in [-0.05, 0) is 56.5 Å². The zero-order chi connectivity index (χ0) is 16.6. The molecular weight excluding hydrogens is 309 g/mol. The maximum Gasteiger partial charge on any atom is 0.274 e. The van der Waals surface area contributed by atoms with Crippen molar-refractivity contribution in [2.75, 3.05) is 13.1 Å². The number of aromatic nitrogens is 3. The molecule has 7 heteroatoms. The molecule has 0 radical (unpaired) electrons. The third-order valence-electron chi connectivity index (χ3n) is 4.91. The number of piperidine rings is 1. The fourth-order valence-corrected chi connectivity index (χ4v) is 3.31. The minimum atomic E-state index is -0.461. The van der Waals surface area contributed by atoms with Crippen LogP contribution in [0.4, 0.5) is 4.39 Å². The van der Waals surface area contributed by atoms with E-state index in [0.29, 0.717) is 11.7 Å². The van der Waals surface area contributed by atoms with Crippen LogP contribution in [-0.2, 0) is 5.54 Å². The van der Waals surface area contributed by atoms with Crippen LogP contribution in [0.3, 0.4) is 0 Å². The number of amides is 1. The summed E-state index contributed by atoms with van der Waals surface area (Å²) in [6.07, 6.45) is 5.30. The molecule has 1 aromatic heterocycles. The minimum absolute atomic E-state index is 0.253. The lowest BCUT2D eigenvalue weighted by atomic mass is 10.0. The Balaban J connectivity index is 1.47.